The van der Waals surface area contributed by atoms with Gasteiger partial charge in [-0.05, 0) is 47.7 Å². The van der Waals surface area contributed by atoms with E-state index in [2.05, 4.69) is 53.6 Å². The quantitative estimate of drug-likeness (QED) is 0.897. The third-order valence-electron chi connectivity index (χ3n) is 2.79. The minimum atomic E-state index is 0.364. The number of fused-ring (bicyclic) bond motifs is 1. The van der Waals surface area contributed by atoms with E-state index in [1.165, 1.54) is 11.1 Å². The molecule has 1 N–H and O–H groups in total. The molecule has 0 aliphatic heterocycles. The Kier molecular flexibility index (Phi) is 3.45. The van der Waals surface area contributed by atoms with Crippen LogP contribution in [0.3, 0.4) is 0 Å². The number of nitrogens with zero attached hydrogens (tertiary/aromatic N) is 5. The summed E-state index contributed by atoms with van der Waals surface area (Å²) in [5.74, 6) is 0.802. The van der Waals surface area contributed by atoms with Gasteiger partial charge in [0.25, 0.3) is 0 Å². The zero-order valence-electron chi connectivity index (χ0n) is 11.4. The number of anilines is 1. The molecular formula is C12H20N6. The largest absolute Gasteiger partial charge is 0.366 e. The van der Waals surface area contributed by atoms with Crippen LogP contribution in [-0.2, 0) is 0 Å². The van der Waals surface area contributed by atoms with Crippen LogP contribution < -0.4 is 5.32 Å². The molecule has 0 amide bonds. The third-order valence-corrected chi connectivity index (χ3v) is 2.79. The summed E-state index contributed by atoms with van der Waals surface area (Å²) in [5.41, 5.74) is 1.02. The standard InChI is InChI=1S/C12H20N6/c1-9(7-8-12(2,3)4)13-10-5-6-11-14-16-17-18(11)15-10/h5-6,9H,7-8H2,1-4H3,(H,13,15). The van der Waals surface area contributed by atoms with Crippen molar-refractivity contribution in [1.82, 2.24) is 25.3 Å². The summed E-state index contributed by atoms with van der Waals surface area (Å²) in [4.78, 5) is 0. The van der Waals surface area contributed by atoms with Gasteiger partial charge in [-0.1, -0.05) is 20.8 Å². The predicted molar refractivity (Wildman–Crippen MR) is 70.4 cm³/mol. The molecule has 2 rings (SSSR count). The monoisotopic (exact) mass is 248 g/mol. The van der Waals surface area contributed by atoms with E-state index in [4.69, 9.17) is 0 Å². The summed E-state index contributed by atoms with van der Waals surface area (Å²) in [6.07, 6.45) is 2.28. The second-order valence-corrected chi connectivity index (χ2v) is 5.89. The molecule has 6 heteroatoms. The van der Waals surface area contributed by atoms with Gasteiger partial charge in [-0.25, -0.2) is 0 Å². The zero-order chi connectivity index (χ0) is 13.2. The zero-order valence-corrected chi connectivity index (χ0v) is 11.4. The molecule has 6 nitrogen and oxygen atoms in total. The second kappa shape index (κ2) is 4.88. The van der Waals surface area contributed by atoms with Gasteiger partial charge < -0.3 is 5.32 Å². The molecular weight excluding hydrogens is 228 g/mol. The highest BCUT2D eigenvalue weighted by Crippen LogP contribution is 2.22. The van der Waals surface area contributed by atoms with Crippen molar-refractivity contribution in [2.45, 2.75) is 46.6 Å². The minimum absolute atomic E-state index is 0.364. The molecule has 2 heterocycles. The van der Waals surface area contributed by atoms with E-state index >= 15 is 0 Å². The van der Waals surface area contributed by atoms with Gasteiger partial charge in [0.15, 0.2) is 5.65 Å². The third kappa shape index (κ3) is 3.38. The molecule has 0 fully saturated rings. The highest BCUT2D eigenvalue weighted by molar-refractivity contribution is 5.42. The van der Waals surface area contributed by atoms with Crippen LogP contribution in [0.1, 0.15) is 40.5 Å². The number of nitrogens with one attached hydrogen (secondary N) is 1. The number of rotatable bonds is 4. The SMILES string of the molecule is CC(CCC(C)(C)C)Nc1ccc2nnnn2n1. The van der Waals surface area contributed by atoms with Crippen LogP contribution in [0.2, 0.25) is 0 Å². The molecule has 1 unspecified atom stereocenters. The summed E-state index contributed by atoms with van der Waals surface area (Å²) < 4.78 is 1.43. The van der Waals surface area contributed by atoms with Gasteiger partial charge >= 0.3 is 0 Å². The van der Waals surface area contributed by atoms with E-state index in [-0.39, 0.29) is 0 Å². The maximum atomic E-state index is 4.29. The molecule has 98 valence electrons. The molecule has 0 radical (unpaired) electrons. The van der Waals surface area contributed by atoms with Gasteiger partial charge in [0.05, 0.1) is 0 Å². The molecule has 1 atom stereocenters. The maximum Gasteiger partial charge on any atom is 0.200 e. The van der Waals surface area contributed by atoms with E-state index < -0.39 is 0 Å². The fourth-order valence-electron chi connectivity index (χ4n) is 1.70. The van der Waals surface area contributed by atoms with Crippen LogP contribution in [0, 0.1) is 5.41 Å². The Balaban J connectivity index is 1.95. The normalized spacial score (nSPS) is 13.8. The molecule has 2 aromatic rings. The molecule has 2 aromatic heterocycles. The van der Waals surface area contributed by atoms with Gasteiger partial charge in [-0.3, -0.25) is 0 Å². The van der Waals surface area contributed by atoms with E-state index in [1.807, 2.05) is 12.1 Å². The summed E-state index contributed by atoms with van der Waals surface area (Å²) in [7, 11) is 0. The van der Waals surface area contributed by atoms with Gasteiger partial charge in [0.2, 0.25) is 0 Å². The van der Waals surface area contributed by atoms with Crippen molar-refractivity contribution in [2.24, 2.45) is 5.41 Å². The first-order valence-corrected chi connectivity index (χ1v) is 6.26. The van der Waals surface area contributed by atoms with Crippen molar-refractivity contribution in [2.75, 3.05) is 5.32 Å². The summed E-state index contributed by atoms with van der Waals surface area (Å²) >= 11 is 0. The summed E-state index contributed by atoms with van der Waals surface area (Å²) in [6, 6.07) is 4.14. The number of hydrogen-bond acceptors (Lipinski definition) is 5. The Hall–Kier alpha value is -1.72. The van der Waals surface area contributed by atoms with Crippen molar-refractivity contribution in [3.05, 3.63) is 12.1 Å². The Morgan fingerprint density at radius 2 is 2.11 bits per heavy atom. The highest BCUT2D eigenvalue weighted by atomic mass is 15.6. The number of tetrazole rings is 1. The van der Waals surface area contributed by atoms with Crippen LogP contribution in [0.15, 0.2) is 12.1 Å². The predicted octanol–water partition coefficient (Wildman–Crippen LogP) is 2.15. The van der Waals surface area contributed by atoms with E-state index in [0.29, 0.717) is 17.1 Å². The minimum Gasteiger partial charge on any atom is -0.366 e. The second-order valence-electron chi connectivity index (χ2n) is 5.89. The Bertz CT molecular complexity index is 513. The van der Waals surface area contributed by atoms with Crippen molar-refractivity contribution >= 4 is 11.5 Å². The Labute approximate surface area is 107 Å². The van der Waals surface area contributed by atoms with E-state index in [0.717, 1.165) is 12.2 Å². The average Bonchev–Trinajstić information content (AvgIpc) is 2.72. The van der Waals surface area contributed by atoms with Crippen LogP contribution in [0.25, 0.3) is 5.65 Å². The smallest absolute Gasteiger partial charge is 0.200 e. The lowest BCUT2D eigenvalue weighted by atomic mass is 9.89. The maximum absolute atomic E-state index is 4.29. The lowest BCUT2D eigenvalue weighted by molar-refractivity contribution is 0.356. The molecule has 0 aromatic carbocycles. The average molecular weight is 248 g/mol. The van der Waals surface area contributed by atoms with E-state index in [1.54, 1.807) is 0 Å². The molecule has 0 spiro atoms. The van der Waals surface area contributed by atoms with Crippen LogP contribution in [0.5, 0.6) is 0 Å². The molecule has 0 aliphatic carbocycles. The summed E-state index contributed by atoms with van der Waals surface area (Å²) in [5, 5.41) is 18.8. The lowest BCUT2D eigenvalue weighted by Crippen LogP contribution is -2.19. The first-order valence-electron chi connectivity index (χ1n) is 6.26. The van der Waals surface area contributed by atoms with Crippen molar-refractivity contribution in [3.63, 3.8) is 0 Å². The summed E-state index contributed by atoms with van der Waals surface area (Å²) in [6.45, 7) is 8.93. The van der Waals surface area contributed by atoms with E-state index in [9.17, 15) is 0 Å². The molecule has 0 bridgehead atoms. The van der Waals surface area contributed by atoms with Gasteiger partial charge in [-0.2, -0.15) is 0 Å². The molecule has 0 saturated carbocycles. The van der Waals surface area contributed by atoms with Gasteiger partial charge in [-0.15, -0.1) is 14.8 Å². The van der Waals surface area contributed by atoms with Crippen LogP contribution in [-0.4, -0.2) is 31.3 Å². The Morgan fingerprint density at radius 3 is 2.83 bits per heavy atom. The van der Waals surface area contributed by atoms with Gasteiger partial charge in [0, 0.05) is 6.04 Å². The number of aromatic nitrogens is 5. The lowest BCUT2D eigenvalue weighted by Gasteiger charge is -2.21. The number of hydrogen-bond donors (Lipinski definition) is 1. The van der Waals surface area contributed by atoms with Crippen molar-refractivity contribution in [1.29, 1.82) is 0 Å². The van der Waals surface area contributed by atoms with Gasteiger partial charge in [0.1, 0.15) is 5.82 Å². The first kappa shape index (κ1) is 12.7. The fourth-order valence-corrected chi connectivity index (χ4v) is 1.70. The van der Waals surface area contributed by atoms with Crippen molar-refractivity contribution < 1.29 is 0 Å². The van der Waals surface area contributed by atoms with Crippen LogP contribution in [0.4, 0.5) is 5.82 Å². The highest BCUT2D eigenvalue weighted by Gasteiger charge is 2.13. The first-order chi connectivity index (χ1) is 8.44. The van der Waals surface area contributed by atoms with Crippen molar-refractivity contribution in [3.8, 4) is 0 Å². The molecule has 0 aliphatic rings. The Morgan fingerprint density at radius 1 is 1.33 bits per heavy atom. The molecule has 18 heavy (non-hydrogen) atoms. The van der Waals surface area contributed by atoms with Crippen LogP contribution >= 0.6 is 0 Å². The fraction of sp³-hybridized carbons (Fsp3) is 0.667. The molecule has 0 saturated heterocycles. The topological polar surface area (TPSA) is 68.0 Å².